The molecule has 27 heavy (non-hydrogen) atoms. The smallest absolute Gasteiger partial charge is 0.251 e. The lowest BCUT2D eigenvalue weighted by Crippen LogP contribution is -2.44. The van der Waals surface area contributed by atoms with Gasteiger partial charge in [0.05, 0.1) is 5.75 Å². The molecule has 0 radical (unpaired) electrons. The number of carbonyl (C=O) groups is 2. The number of rotatable bonds is 9. The Morgan fingerprint density at radius 1 is 1.15 bits per heavy atom. The van der Waals surface area contributed by atoms with Gasteiger partial charge in [-0.15, -0.1) is 0 Å². The van der Waals surface area contributed by atoms with Gasteiger partial charge in [-0.1, -0.05) is 0 Å². The summed E-state index contributed by atoms with van der Waals surface area (Å²) < 4.78 is 26.1. The highest BCUT2D eigenvalue weighted by Crippen LogP contribution is 2.13. The third kappa shape index (κ3) is 8.77. The van der Waals surface area contributed by atoms with Crippen molar-refractivity contribution in [1.82, 2.24) is 10.0 Å². The second-order valence-corrected chi connectivity index (χ2v) is 10.2. The zero-order valence-corrected chi connectivity index (χ0v) is 18.1. The van der Waals surface area contributed by atoms with Crippen LogP contribution in [0.4, 0.5) is 5.69 Å². The molecular weight excluding hydrogens is 386 g/mol. The Morgan fingerprint density at radius 3 is 2.22 bits per heavy atom. The third-order valence-corrected chi connectivity index (χ3v) is 5.58. The third-order valence-electron chi connectivity index (χ3n) is 3.53. The van der Waals surface area contributed by atoms with E-state index in [1.165, 1.54) is 18.7 Å². The van der Waals surface area contributed by atoms with Crippen LogP contribution in [0.3, 0.4) is 0 Å². The number of hydrogen-bond donors (Lipinski definition) is 3. The monoisotopic (exact) mass is 415 g/mol. The average molecular weight is 416 g/mol. The van der Waals surface area contributed by atoms with E-state index in [-0.39, 0.29) is 17.2 Å². The first kappa shape index (κ1) is 23.5. The summed E-state index contributed by atoms with van der Waals surface area (Å²) in [5, 5.41) is 5.57. The van der Waals surface area contributed by atoms with Gasteiger partial charge in [-0.3, -0.25) is 9.59 Å². The number of anilines is 1. The van der Waals surface area contributed by atoms with Gasteiger partial charge < -0.3 is 10.6 Å². The van der Waals surface area contributed by atoms with E-state index in [0.717, 1.165) is 0 Å². The van der Waals surface area contributed by atoms with Crippen LogP contribution in [0.25, 0.3) is 0 Å². The molecule has 0 aliphatic carbocycles. The minimum absolute atomic E-state index is 0.0896. The minimum Gasteiger partial charge on any atom is -0.347 e. The molecule has 7 nitrogen and oxygen atoms in total. The summed E-state index contributed by atoms with van der Waals surface area (Å²) in [6, 6.07) is 5.63. The fourth-order valence-corrected chi connectivity index (χ4v) is 3.42. The second-order valence-electron chi connectivity index (χ2n) is 7.13. The Bertz CT molecular complexity index is 741. The quantitative estimate of drug-likeness (QED) is 0.574. The minimum atomic E-state index is -3.49. The van der Waals surface area contributed by atoms with Crippen molar-refractivity contribution in [1.29, 1.82) is 0 Å². The number of sulfonamides is 1. The molecular formula is C18H29N3O4S2. The highest BCUT2D eigenvalue weighted by atomic mass is 32.2. The predicted molar refractivity (Wildman–Crippen MR) is 112 cm³/mol. The van der Waals surface area contributed by atoms with Crippen LogP contribution in [-0.2, 0) is 14.8 Å². The first-order chi connectivity index (χ1) is 12.5. The van der Waals surface area contributed by atoms with E-state index in [4.69, 9.17) is 0 Å². The number of benzene rings is 1. The molecule has 1 rings (SSSR count). The van der Waals surface area contributed by atoms with Crippen molar-refractivity contribution < 1.29 is 18.0 Å². The Labute approximate surface area is 166 Å². The summed E-state index contributed by atoms with van der Waals surface area (Å²) in [5.41, 5.74) is 0.635. The maximum atomic E-state index is 12.5. The molecule has 1 aromatic rings. The zero-order valence-electron chi connectivity index (χ0n) is 16.5. The standard InChI is InChI=1S/C18H29N3O4S2/c1-6-27(24,25)21-15(11-12-26-5)17(23)19-14-9-7-13(8-10-14)16(22)20-18(2,3)4/h7-10,15,21H,6,11-12H2,1-5H3,(H,19,23)(H,20,22). The van der Waals surface area contributed by atoms with Gasteiger partial charge in [-0.05, 0) is 70.4 Å². The summed E-state index contributed by atoms with van der Waals surface area (Å²) in [6.07, 6.45) is 2.28. The number of hydrogen-bond acceptors (Lipinski definition) is 5. The molecule has 1 unspecified atom stereocenters. The van der Waals surface area contributed by atoms with Crippen LogP contribution < -0.4 is 15.4 Å². The number of carbonyl (C=O) groups excluding carboxylic acids is 2. The van der Waals surface area contributed by atoms with Crippen LogP contribution in [0.15, 0.2) is 24.3 Å². The molecule has 0 aliphatic rings. The number of thioether (sulfide) groups is 1. The van der Waals surface area contributed by atoms with Gasteiger partial charge in [0.15, 0.2) is 0 Å². The average Bonchev–Trinajstić information content (AvgIpc) is 2.57. The van der Waals surface area contributed by atoms with Crippen molar-refractivity contribution in [3.8, 4) is 0 Å². The molecule has 2 amide bonds. The van der Waals surface area contributed by atoms with E-state index in [2.05, 4.69) is 15.4 Å². The number of nitrogens with one attached hydrogen (secondary N) is 3. The molecule has 3 N–H and O–H groups in total. The van der Waals surface area contributed by atoms with Crippen molar-refractivity contribution in [2.45, 2.75) is 45.7 Å². The van der Waals surface area contributed by atoms with Gasteiger partial charge in [0.2, 0.25) is 15.9 Å². The molecule has 152 valence electrons. The molecule has 0 saturated carbocycles. The van der Waals surface area contributed by atoms with Crippen molar-refractivity contribution in [2.24, 2.45) is 0 Å². The van der Waals surface area contributed by atoms with Gasteiger partial charge in [0.1, 0.15) is 6.04 Å². The Kier molecular flexibility index (Phi) is 8.77. The lowest BCUT2D eigenvalue weighted by Gasteiger charge is -2.20. The molecule has 0 saturated heterocycles. The summed E-state index contributed by atoms with van der Waals surface area (Å²) in [4.78, 5) is 24.6. The van der Waals surface area contributed by atoms with Crippen LogP contribution in [0.2, 0.25) is 0 Å². The molecule has 9 heteroatoms. The normalized spacial score (nSPS) is 13.1. The molecule has 0 bridgehead atoms. The maximum absolute atomic E-state index is 12.5. The number of amides is 2. The van der Waals surface area contributed by atoms with Gasteiger partial charge in [-0.2, -0.15) is 11.8 Å². The lowest BCUT2D eigenvalue weighted by atomic mass is 10.1. The summed E-state index contributed by atoms with van der Waals surface area (Å²) >= 11 is 1.54. The molecule has 0 heterocycles. The Hall–Kier alpha value is -1.58. The topological polar surface area (TPSA) is 104 Å². The van der Waals surface area contributed by atoms with Gasteiger partial charge in [0.25, 0.3) is 5.91 Å². The lowest BCUT2D eigenvalue weighted by molar-refractivity contribution is -0.117. The maximum Gasteiger partial charge on any atom is 0.251 e. The van der Waals surface area contributed by atoms with E-state index < -0.39 is 22.0 Å². The van der Waals surface area contributed by atoms with Crippen LogP contribution in [0.1, 0.15) is 44.5 Å². The Morgan fingerprint density at radius 2 is 1.74 bits per heavy atom. The fourth-order valence-electron chi connectivity index (χ4n) is 2.13. The SMILES string of the molecule is CCS(=O)(=O)NC(CCSC)C(=O)Nc1ccc(C(=O)NC(C)(C)C)cc1. The summed E-state index contributed by atoms with van der Waals surface area (Å²) in [5.74, 6) is -0.0639. The first-order valence-corrected chi connectivity index (χ1v) is 11.7. The van der Waals surface area contributed by atoms with Crippen molar-refractivity contribution in [2.75, 3.05) is 23.1 Å². The van der Waals surface area contributed by atoms with E-state index in [0.29, 0.717) is 23.4 Å². The fraction of sp³-hybridized carbons (Fsp3) is 0.556. The van der Waals surface area contributed by atoms with Crippen LogP contribution in [-0.4, -0.2) is 49.6 Å². The van der Waals surface area contributed by atoms with E-state index in [1.807, 2.05) is 27.0 Å². The predicted octanol–water partition coefficient (Wildman–Crippen LogP) is 2.21. The van der Waals surface area contributed by atoms with Crippen LogP contribution in [0.5, 0.6) is 0 Å². The molecule has 0 spiro atoms. The van der Waals surface area contributed by atoms with Gasteiger partial charge >= 0.3 is 0 Å². The zero-order chi connectivity index (χ0) is 20.7. The first-order valence-electron chi connectivity index (χ1n) is 8.70. The van der Waals surface area contributed by atoms with Gasteiger partial charge in [-0.25, -0.2) is 13.1 Å². The molecule has 0 fully saturated rings. The van der Waals surface area contributed by atoms with Crippen LogP contribution >= 0.6 is 11.8 Å². The molecule has 0 aliphatic heterocycles. The van der Waals surface area contributed by atoms with E-state index >= 15 is 0 Å². The summed E-state index contributed by atoms with van der Waals surface area (Å²) in [6.45, 7) is 7.20. The van der Waals surface area contributed by atoms with Crippen LogP contribution in [0, 0.1) is 0 Å². The summed E-state index contributed by atoms with van der Waals surface area (Å²) in [7, 11) is -3.49. The highest BCUT2D eigenvalue weighted by Gasteiger charge is 2.23. The molecule has 1 aromatic carbocycles. The van der Waals surface area contributed by atoms with Gasteiger partial charge in [0, 0.05) is 16.8 Å². The van der Waals surface area contributed by atoms with E-state index in [9.17, 15) is 18.0 Å². The molecule has 0 aromatic heterocycles. The van der Waals surface area contributed by atoms with E-state index in [1.54, 1.807) is 24.3 Å². The van der Waals surface area contributed by atoms with Crippen molar-refractivity contribution >= 4 is 39.3 Å². The van der Waals surface area contributed by atoms with Crippen molar-refractivity contribution in [3.05, 3.63) is 29.8 Å². The van der Waals surface area contributed by atoms with Crippen molar-refractivity contribution in [3.63, 3.8) is 0 Å². The second kappa shape index (κ2) is 10.1. The highest BCUT2D eigenvalue weighted by molar-refractivity contribution is 7.98. The Balaban J connectivity index is 2.82. The largest absolute Gasteiger partial charge is 0.347 e. The molecule has 1 atom stereocenters.